The van der Waals surface area contributed by atoms with E-state index in [1.807, 2.05) is 12.1 Å². The van der Waals surface area contributed by atoms with Crippen LogP contribution in [0.1, 0.15) is 31.5 Å². The molecule has 0 radical (unpaired) electrons. The summed E-state index contributed by atoms with van der Waals surface area (Å²) >= 11 is 0. The molecule has 0 amide bonds. The molecule has 5 rings (SSSR count). The van der Waals surface area contributed by atoms with Crippen LogP contribution in [0.2, 0.25) is 0 Å². The minimum atomic E-state index is -2.56. The number of aromatic nitrogens is 2. The van der Waals surface area contributed by atoms with E-state index < -0.39 is 5.92 Å². The van der Waals surface area contributed by atoms with Crippen molar-refractivity contribution in [2.75, 3.05) is 31.1 Å². The normalized spacial score (nSPS) is 24.3. The molecule has 0 atom stereocenters. The number of anilines is 1. The highest BCUT2D eigenvalue weighted by Gasteiger charge is 2.38. The first-order chi connectivity index (χ1) is 12.1. The van der Waals surface area contributed by atoms with Crippen LogP contribution in [0.5, 0.6) is 0 Å². The highest BCUT2D eigenvalue weighted by Crippen LogP contribution is 2.33. The van der Waals surface area contributed by atoms with E-state index in [2.05, 4.69) is 15.5 Å². The molecule has 1 aromatic carbocycles. The average molecular weight is 346 g/mol. The lowest BCUT2D eigenvalue weighted by Gasteiger charge is -2.36. The zero-order chi connectivity index (χ0) is 17.0. The van der Waals surface area contributed by atoms with Gasteiger partial charge in [-0.25, -0.2) is 13.8 Å². The summed E-state index contributed by atoms with van der Waals surface area (Å²) in [7, 11) is 0. The van der Waals surface area contributed by atoms with E-state index in [0.717, 1.165) is 54.6 Å². The summed E-state index contributed by atoms with van der Waals surface area (Å²) in [5.41, 5.74) is 2.95. The minimum absolute atomic E-state index is 0.0538. The van der Waals surface area contributed by atoms with Gasteiger partial charge in [0.1, 0.15) is 5.82 Å². The van der Waals surface area contributed by atoms with Crippen molar-refractivity contribution in [1.29, 1.82) is 0 Å². The third kappa shape index (κ3) is 2.71. The Morgan fingerprint density at radius 2 is 1.96 bits per heavy atom. The van der Waals surface area contributed by atoms with E-state index in [4.69, 9.17) is 4.98 Å². The summed E-state index contributed by atoms with van der Waals surface area (Å²) in [6, 6.07) is 6.81. The summed E-state index contributed by atoms with van der Waals surface area (Å²) in [6.45, 7) is 3.39. The molecule has 2 aromatic rings. The Morgan fingerprint density at radius 1 is 1.08 bits per heavy atom. The van der Waals surface area contributed by atoms with E-state index in [-0.39, 0.29) is 13.0 Å². The van der Waals surface area contributed by atoms with Crippen LogP contribution in [0, 0.1) is 0 Å². The van der Waals surface area contributed by atoms with Gasteiger partial charge in [-0.3, -0.25) is 4.90 Å². The Morgan fingerprint density at radius 3 is 2.68 bits per heavy atom. The van der Waals surface area contributed by atoms with Crippen molar-refractivity contribution in [2.24, 2.45) is 0 Å². The maximum absolute atomic E-state index is 13.5. The Kier molecular flexibility index (Phi) is 3.52. The topological polar surface area (TPSA) is 24.3 Å². The van der Waals surface area contributed by atoms with Crippen molar-refractivity contribution >= 4 is 16.7 Å². The number of benzene rings is 1. The maximum atomic E-state index is 13.5. The smallest absolute Gasteiger partial charge is 0.266 e. The molecule has 0 unspecified atom stereocenters. The molecule has 1 aliphatic carbocycles. The molecule has 1 aromatic heterocycles. The molecule has 134 valence electrons. The van der Waals surface area contributed by atoms with E-state index in [9.17, 15) is 8.78 Å². The third-order valence-electron chi connectivity index (χ3n) is 6.17. The summed E-state index contributed by atoms with van der Waals surface area (Å²) in [5, 5.41) is 0. The van der Waals surface area contributed by atoms with Crippen LogP contribution < -0.4 is 4.90 Å². The van der Waals surface area contributed by atoms with Crippen molar-refractivity contribution in [3.63, 3.8) is 0 Å². The van der Waals surface area contributed by atoms with Crippen molar-refractivity contribution in [2.45, 2.75) is 50.6 Å². The molecular formula is C19H24F2N4. The predicted octanol–water partition coefficient (Wildman–Crippen LogP) is 3.29. The zero-order valence-corrected chi connectivity index (χ0v) is 14.4. The van der Waals surface area contributed by atoms with Gasteiger partial charge >= 0.3 is 0 Å². The number of hydrogen-bond acceptors (Lipinski definition) is 3. The number of nitrogens with zero attached hydrogens (tertiary/aromatic N) is 4. The molecule has 6 heteroatoms. The van der Waals surface area contributed by atoms with Gasteiger partial charge in [-0.05, 0) is 31.0 Å². The lowest BCUT2D eigenvalue weighted by molar-refractivity contribution is 0.0257. The SMILES string of the molecule is FC1(F)CCN(c2ccc3c(c2)nc2n3CCN(C3CCC3)CC2)C1. The second-order valence-electron chi connectivity index (χ2n) is 7.75. The molecule has 0 N–H and O–H groups in total. The largest absolute Gasteiger partial charge is 0.365 e. The van der Waals surface area contributed by atoms with Gasteiger partial charge in [-0.1, -0.05) is 6.42 Å². The van der Waals surface area contributed by atoms with Gasteiger partial charge in [0.05, 0.1) is 17.6 Å². The van der Waals surface area contributed by atoms with Crippen molar-refractivity contribution in [1.82, 2.24) is 14.5 Å². The first-order valence-electron chi connectivity index (χ1n) is 9.45. The number of rotatable bonds is 2. The Labute approximate surface area is 146 Å². The summed E-state index contributed by atoms with van der Waals surface area (Å²) in [4.78, 5) is 9.24. The highest BCUT2D eigenvalue weighted by atomic mass is 19.3. The van der Waals surface area contributed by atoms with Crippen LogP contribution in [0.25, 0.3) is 11.0 Å². The van der Waals surface area contributed by atoms with Gasteiger partial charge in [0, 0.05) is 50.7 Å². The fourth-order valence-electron chi connectivity index (χ4n) is 4.46. The lowest BCUT2D eigenvalue weighted by Crippen LogP contribution is -2.41. The zero-order valence-electron chi connectivity index (χ0n) is 14.4. The average Bonchev–Trinajstić information content (AvgIpc) is 3.00. The minimum Gasteiger partial charge on any atom is -0.365 e. The predicted molar refractivity (Wildman–Crippen MR) is 94.4 cm³/mol. The van der Waals surface area contributed by atoms with Crippen LogP contribution in [0.4, 0.5) is 14.5 Å². The Balaban J connectivity index is 1.40. The number of imidazole rings is 1. The van der Waals surface area contributed by atoms with Crippen molar-refractivity contribution in [3.8, 4) is 0 Å². The van der Waals surface area contributed by atoms with Crippen LogP contribution in [0.3, 0.4) is 0 Å². The summed E-state index contributed by atoms with van der Waals surface area (Å²) in [6.07, 6.45) is 4.97. The molecule has 3 aliphatic rings. The van der Waals surface area contributed by atoms with Crippen LogP contribution in [-0.4, -0.2) is 52.6 Å². The fourth-order valence-corrected chi connectivity index (χ4v) is 4.46. The molecule has 0 spiro atoms. The van der Waals surface area contributed by atoms with E-state index in [1.54, 1.807) is 4.90 Å². The third-order valence-corrected chi connectivity index (χ3v) is 6.17. The van der Waals surface area contributed by atoms with Gasteiger partial charge in [0.2, 0.25) is 0 Å². The molecule has 1 saturated heterocycles. The van der Waals surface area contributed by atoms with E-state index >= 15 is 0 Å². The molecule has 2 fully saturated rings. The number of fused-ring (bicyclic) bond motifs is 3. The molecule has 3 heterocycles. The van der Waals surface area contributed by atoms with E-state index in [1.165, 1.54) is 19.3 Å². The van der Waals surface area contributed by atoms with Crippen LogP contribution in [0.15, 0.2) is 18.2 Å². The molecule has 1 saturated carbocycles. The second-order valence-corrected chi connectivity index (χ2v) is 7.75. The standard InChI is InChI=1S/C19H24F2N4/c20-19(21)7-9-24(13-19)15-4-5-17-16(12-15)22-18-6-8-23(10-11-25(17)18)14-2-1-3-14/h4-5,12,14H,1-3,6-11,13H2. The first kappa shape index (κ1) is 15.6. The number of hydrogen-bond donors (Lipinski definition) is 0. The maximum Gasteiger partial charge on any atom is 0.266 e. The number of alkyl halides is 2. The first-order valence-corrected chi connectivity index (χ1v) is 9.45. The quantitative estimate of drug-likeness (QED) is 0.834. The van der Waals surface area contributed by atoms with Crippen LogP contribution in [-0.2, 0) is 13.0 Å². The molecule has 2 aliphatic heterocycles. The molecular weight excluding hydrogens is 322 g/mol. The molecule has 0 bridgehead atoms. The van der Waals surface area contributed by atoms with E-state index in [0.29, 0.717) is 6.54 Å². The Hall–Kier alpha value is -1.69. The monoisotopic (exact) mass is 346 g/mol. The molecule has 4 nitrogen and oxygen atoms in total. The fraction of sp³-hybridized carbons (Fsp3) is 0.632. The van der Waals surface area contributed by atoms with Gasteiger partial charge in [-0.15, -0.1) is 0 Å². The molecule has 25 heavy (non-hydrogen) atoms. The second kappa shape index (κ2) is 5.66. The van der Waals surface area contributed by atoms with Gasteiger partial charge < -0.3 is 9.47 Å². The number of halogens is 2. The van der Waals surface area contributed by atoms with Gasteiger partial charge in [0.15, 0.2) is 0 Å². The summed E-state index contributed by atoms with van der Waals surface area (Å²) < 4.78 is 29.3. The van der Waals surface area contributed by atoms with Crippen molar-refractivity contribution in [3.05, 3.63) is 24.0 Å². The van der Waals surface area contributed by atoms with Crippen molar-refractivity contribution < 1.29 is 8.78 Å². The van der Waals surface area contributed by atoms with Crippen LogP contribution >= 0.6 is 0 Å². The Bertz CT molecular complexity index is 796. The lowest BCUT2D eigenvalue weighted by atomic mass is 9.91. The summed E-state index contributed by atoms with van der Waals surface area (Å²) in [5.74, 6) is -1.42. The van der Waals surface area contributed by atoms with Gasteiger partial charge in [-0.2, -0.15) is 0 Å². The van der Waals surface area contributed by atoms with Gasteiger partial charge in [0.25, 0.3) is 5.92 Å². The highest BCUT2D eigenvalue weighted by molar-refractivity contribution is 5.80.